The smallest absolute Gasteiger partial charge is 0.264 e. The fourth-order valence-electron chi connectivity index (χ4n) is 0.448. The van der Waals surface area contributed by atoms with Gasteiger partial charge >= 0.3 is 18.1 Å². The Morgan fingerprint density at radius 3 is 1.73 bits per heavy atom. The van der Waals surface area contributed by atoms with Crippen LogP contribution in [0.1, 0.15) is 0 Å². The molecule has 0 bridgehead atoms. The van der Waals surface area contributed by atoms with E-state index in [2.05, 4.69) is 4.74 Å². The molecule has 1 heterocycles. The van der Waals surface area contributed by atoms with E-state index in [1.807, 2.05) is 4.94 Å². The average molecular weight is 182 g/mol. The molecule has 0 radical (unpaired) electrons. The lowest BCUT2D eigenvalue weighted by molar-refractivity contribution is -0.306. The van der Waals surface area contributed by atoms with Crippen LogP contribution in [0.3, 0.4) is 0 Å². The molecule has 1 saturated heterocycles. The first-order chi connectivity index (χ1) is 4.77. The number of alkyl halides is 5. The molecule has 0 aliphatic carbocycles. The fraction of sp³-hybridized carbons (Fsp3) is 1.00. The highest BCUT2D eigenvalue weighted by Crippen LogP contribution is 2.60. The van der Waals surface area contributed by atoms with E-state index in [1.165, 1.54) is 0 Å². The minimum atomic E-state index is -5.64. The minimum Gasteiger partial charge on any atom is -0.264 e. The van der Waals surface area contributed by atoms with Crippen LogP contribution in [0, 0.1) is 0 Å². The van der Waals surface area contributed by atoms with E-state index >= 15 is 0 Å². The minimum absolute atomic E-state index is 2.01. The van der Waals surface area contributed by atoms with E-state index in [-0.39, 0.29) is 0 Å². The van der Waals surface area contributed by atoms with Crippen molar-refractivity contribution in [1.29, 1.82) is 0 Å². The fourth-order valence-corrected chi connectivity index (χ4v) is 0.448. The Morgan fingerprint density at radius 1 is 1.18 bits per heavy atom. The van der Waals surface area contributed by atoms with Gasteiger partial charge in [-0.1, -0.05) is 0 Å². The van der Waals surface area contributed by atoms with Gasteiger partial charge in [-0.05, 0) is 4.53 Å². The monoisotopic (exact) mass is 182 g/mol. The lowest BCUT2D eigenvalue weighted by atomic mass is 10.4. The molecule has 0 aromatic carbocycles. The standard InChI is InChI=1S/C3F6O2/c4-1(2(5,6)7)3(8,10-1)11-9. The summed E-state index contributed by atoms with van der Waals surface area (Å²) in [6.07, 6.45) is -5.64. The molecular formula is C3F6O2. The third-order valence-electron chi connectivity index (χ3n) is 1.08. The van der Waals surface area contributed by atoms with Gasteiger partial charge in [-0.25, -0.2) is 0 Å². The second-order valence-corrected chi connectivity index (χ2v) is 1.81. The molecule has 0 spiro atoms. The van der Waals surface area contributed by atoms with Gasteiger partial charge in [-0.2, -0.15) is 22.0 Å². The number of halogens is 6. The van der Waals surface area contributed by atoms with E-state index in [9.17, 15) is 26.5 Å². The summed E-state index contributed by atoms with van der Waals surface area (Å²) in [6.45, 7) is 0. The van der Waals surface area contributed by atoms with Crippen LogP contribution in [0.4, 0.5) is 26.5 Å². The van der Waals surface area contributed by atoms with Crippen molar-refractivity contribution in [1.82, 2.24) is 0 Å². The van der Waals surface area contributed by atoms with Crippen molar-refractivity contribution in [3.63, 3.8) is 0 Å². The molecule has 0 aromatic heterocycles. The summed E-state index contributed by atoms with van der Waals surface area (Å²) in [6, 6.07) is -4.33. The van der Waals surface area contributed by atoms with Crippen molar-refractivity contribution in [3.8, 4) is 0 Å². The van der Waals surface area contributed by atoms with Crippen LogP contribution >= 0.6 is 0 Å². The molecule has 1 rings (SSSR count). The van der Waals surface area contributed by atoms with Gasteiger partial charge in [0.15, 0.2) is 0 Å². The average Bonchev–Trinajstić information content (AvgIpc) is 2.38. The first-order valence-electron chi connectivity index (χ1n) is 2.21. The van der Waals surface area contributed by atoms with Crippen molar-refractivity contribution >= 4 is 0 Å². The molecule has 2 atom stereocenters. The van der Waals surface area contributed by atoms with Crippen molar-refractivity contribution in [2.75, 3.05) is 0 Å². The summed E-state index contributed by atoms with van der Waals surface area (Å²) in [5.41, 5.74) is 0. The SMILES string of the molecule is FOC1(F)OC1(F)C(F)(F)F. The molecule has 0 aromatic rings. The Kier molecular flexibility index (Phi) is 1.41. The van der Waals surface area contributed by atoms with Crippen molar-refractivity contribution in [2.45, 2.75) is 18.1 Å². The first kappa shape index (κ1) is 8.60. The Hall–Kier alpha value is -0.500. The summed E-state index contributed by atoms with van der Waals surface area (Å²) in [5.74, 6) is -4.67. The molecule has 0 amide bonds. The lowest BCUT2D eigenvalue weighted by Crippen LogP contribution is -2.34. The number of epoxide rings is 1. The Bertz CT molecular complexity index is 179. The van der Waals surface area contributed by atoms with Crippen LogP contribution in [0.5, 0.6) is 0 Å². The first-order valence-corrected chi connectivity index (χ1v) is 2.21. The van der Waals surface area contributed by atoms with Crippen LogP contribution in [0.15, 0.2) is 0 Å². The summed E-state index contributed by atoms with van der Waals surface area (Å²) in [5, 5.41) is 0. The number of ether oxygens (including phenoxy) is 1. The van der Waals surface area contributed by atoms with Crippen molar-refractivity contribution < 1.29 is 36.2 Å². The largest absolute Gasteiger partial charge is 0.457 e. The van der Waals surface area contributed by atoms with E-state index in [1.54, 1.807) is 0 Å². The topological polar surface area (TPSA) is 21.8 Å². The highest BCUT2D eigenvalue weighted by Gasteiger charge is 2.91. The maximum atomic E-state index is 12.0. The molecule has 2 unspecified atom stereocenters. The highest BCUT2D eigenvalue weighted by atomic mass is 19.4. The number of rotatable bonds is 1. The molecule has 2 nitrogen and oxygen atoms in total. The summed E-state index contributed by atoms with van der Waals surface area (Å²) < 4.78 is 71.4. The van der Waals surface area contributed by atoms with Crippen LogP contribution < -0.4 is 0 Å². The Morgan fingerprint density at radius 2 is 1.64 bits per heavy atom. The molecule has 0 saturated carbocycles. The van der Waals surface area contributed by atoms with Gasteiger partial charge in [0.1, 0.15) is 0 Å². The van der Waals surface area contributed by atoms with Gasteiger partial charge in [-0.3, -0.25) is 4.74 Å². The molecular weight excluding hydrogens is 182 g/mol. The molecule has 1 fully saturated rings. The second kappa shape index (κ2) is 1.81. The second-order valence-electron chi connectivity index (χ2n) is 1.81. The maximum Gasteiger partial charge on any atom is 0.457 e. The number of hydrogen-bond donors (Lipinski definition) is 0. The van der Waals surface area contributed by atoms with Gasteiger partial charge in [0.05, 0.1) is 0 Å². The number of hydrogen-bond acceptors (Lipinski definition) is 2. The molecule has 11 heavy (non-hydrogen) atoms. The van der Waals surface area contributed by atoms with Crippen LogP contribution in [-0.2, 0) is 9.68 Å². The van der Waals surface area contributed by atoms with Gasteiger partial charge in [0.2, 0.25) is 0 Å². The normalized spacial score (nSPS) is 44.2. The third-order valence-corrected chi connectivity index (χ3v) is 1.08. The van der Waals surface area contributed by atoms with Crippen molar-refractivity contribution in [2.24, 2.45) is 0 Å². The zero-order valence-electron chi connectivity index (χ0n) is 4.58. The molecule has 1 aliphatic heterocycles. The van der Waals surface area contributed by atoms with Crippen LogP contribution in [-0.4, -0.2) is 18.1 Å². The lowest BCUT2D eigenvalue weighted by Gasteiger charge is -2.05. The molecule has 8 heteroatoms. The maximum absolute atomic E-state index is 12.0. The highest BCUT2D eigenvalue weighted by molar-refractivity contribution is 4.99. The predicted octanol–water partition coefficient (Wildman–Crippen LogP) is 1.77. The zero-order valence-corrected chi connectivity index (χ0v) is 4.58. The summed E-state index contributed by atoms with van der Waals surface area (Å²) >= 11 is 0. The van der Waals surface area contributed by atoms with E-state index < -0.39 is 18.1 Å². The van der Waals surface area contributed by atoms with E-state index in [0.29, 0.717) is 0 Å². The summed E-state index contributed by atoms with van der Waals surface area (Å²) in [4.78, 5) is 2.01. The van der Waals surface area contributed by atoms with E-state index in [4.69, 9.17) is 0 Å². The van der Waals surface area contributed by atoms with Crippen LogP contribution in [0.2, 0.25) is 0 Å². The quantitative estimate of drug-likeness (QED) is 0.455. The van der Waals surface area contributed by atoms with Gasteiger partial charge in [0.25, 0.3) is 0 Å². The molecule has 0 N–H and O–H groups in total. The van der Waals surface area contributed by atoms with Gasteiger partial charge in [-0.15, -0.1) is 4.94 Å². The Labute approximate surface area is 55.6 Å². The van der Waals surface area contributed by atoms with Crippen molar-refractivity contribution in [3.05, 3.63) is 0 Å². The summed E-state index contributed by atoms with van der Waals surface area (Å²) in [7, 11) is 0. The zero-order chi connectivity index (χ0) is 8.91. The van der Waals surface area contributed by atoms with E-state index in [0.717, 1.165) is 0 Å². The van der Waals surface area contributed by atoms with Gasteiger partial charge in [0, 0.05) is 0 Å². The molecule has 66 valence electrons. The third kappa shape index (κ3) is 0.890. The van der Waals surface area contributed by atoms with Gasteiger partial charge < -0.3 is 0 Å². The Balaban J connectivity index is 2.77. The molecule has 1 aliphatic rings. The van der Waals surface area contributed by atoms with Crippen LogP contribution in [0.25, 0.3) is 0 Å². The predicted molar refractivity (Wildman–Crippen MR) is 17.0 cm³/mol.